The summed E-state index contributed by atoms with van der Waals surface area (Å²) in [5.41, 5.74) is 0.630. The number of carbonyl (C=O) groups is 1. The van der Waals surface area contributed by atoms with E-state index in [4.69, 9.17) is 28.4 Å². The second-order valence-electron chi connectivity index (χ2n) is 7.36. The van der Waals surface area contributed by atoms with E-state index in [1.54, 1.807) is 24.3 Å². The summed E-state index contributed by atoms with van der Waals surface area (Å²) in [6, 6.07) is 6.97. The van der Waals surface area contributed by atoms with Crippen molar-refractivity contribution in [3.05, 3.63) is 29.8 Å². The number of hydrogen-bond donors (Lipinski definition) is 0. The van der Waals surface area contributed by atoms with Gasteiger partial charge in [0.25, 0.3) is 0 Å². The highest BCUT2D eigenvalue weighted by Crippen LogP contribution is 2.10. The topological polar surface area (TPSA) is 72.5 Å². The third-order valence-corrected chi connectivity index (χ3v) is 4.64. The van der Waals surface area contributed by atoms with Gasteiger partial charge < -0.3 is 28.4 Å². The van der Waals surface area contributed by atoms with Gasteiger partial charge in [-0.1, -0.05) is 39.0 Å². The molecule has 0 aliphatic carbocycles. The van der Waals surface area contributed by atoms with Gasteiger partial charge in [0, 0.05) is 12.2 Å². The normalized spacial score (nSPS) is 11.0. The Balaban J connectivity index is 1.70. The molecule has 0 saturated heterocycles. The monoisotopic (exact) mass is 454 g/mol. The van der Waals surface area contributed by atoms with Gasteiger partial charge in [0.15, 0.2) is 0 Å². The highest BCUT2D eigenvalue weighted by atomic mass is 16.6. The summed E-state index contributed by atoms with van der Waals surface area (Å²) in [7, 11) is 0. The molecule has 0 fully saturated rings. The van der Waals surface area contributed by atoms with E-state index in [9.17, 15) is 4.79 Å². The van der Waals surface area contributed by atoms with E-state index in [1.165, 1.54) is 32.1 Å². The molecule has 0 aliphatic heterocycles. The number of rotatable bonds is 24. The van der Waals surface area contributed by atoms with Crippen LogP contribution in [0, 0.1) is 0 Å². The molecule has 0 radical (unpaired) electrons. The largest absolute Gasteiger partial charge is 0.491 e. The second kappa shape index (κ2) is 22.7. The zero-order chi connectivity index (χ0) is 23.0. The van der Waals surface area contributed by atoms with Crippen molar-refractivity contribution in [2.24, 2.45) is 0 Å². The molecule has 0 N–H and O–H groups in total. The van der Waals surface area contributed by atoms with Gasteiger partial charge in [0.05, 0.1) is 59.5 Å². The van der Waals surface area contributed by atoms with Gasteiger partial charge in [-0.2, -0.15) is 0 Å². The molecule has 0 unspecified atom stereocenters. The number of benzene rings is 1. The first-order valence-corrected chi connectivity index (χ1v) is 11.9. The Bertz CT molecular complexity index is 522. The number of aldehydes is 1. The fourth-order valence-corrected chi connectivity index (χ4v) is 2.83. The van der Waals surface area contributed by atoms with Crippen molar-refractivity contribution in [1.29, 1.82) is 0 Å². The molecule has 7 nitrogen and oxygen atoms in total. The lowest BCUT2D eigenvalue weighted by Crippen LogP contribution is -2.14. The van der Waals surface area contributed by atoms with Crippen LogP contribution in [0.25, 0.3) is 0 Å². The fourth-order valence-electron chi connectivity index (χ4n) is 2.83. The third kappa shape index (κ3) is 18.1. The van der Waals surface area contributed by atoms with Gasteiger partial charge in [0.2, 0.25) is 0 Å². The van der Waals surface area contributed by atoms with Crippen LogP contribution in [0.15, 0.2) is 24.3 Å². The summed E-state index contributed by atoms with van der Waals surface area (Å²) in [5, 5.41) is 0. The number of hydrogen-bond acceptors (Lipinski definition) is 7. The van der Waals surface area contributed by atoms with Gasteiger partial charge in [-0.25, -0.2) is 0 Å². The Morgan fingerprint density at radius 1 is 0.562 bits per heavy atom. The summed E-state index contributed by atoms with van der Waals surface area (Å²) in [6.07, 6.45) is 8.50. The van der Waals surface area contributed by atoms with E-state index in [2.05, 4.69) is 6.92 Å². The van der Waals surface area contributed by atoms with E-state index in [0.717, 1.165) is 25.1 Å². The minimum Gasteiger partial charge on any atom is -0.491 e. The molecule has 0 amide bonds. The summed E-state index contributed by atoms with van der Waals surface area (Å²) in [5.74, 6) is 0.720. The smallest absolute Gasteiger partial charge is 0.150 e. The number of carbonyl (C=O) groups excluding carboxylic acids is 1. The Kier molecular flexibility index (Phi) is 20.2. The summed E-state index contributed by atoms with van der Waals surface area (Å²) < 4.78 is 32.9. The molecular formula is C25H42O7. The van der Waals surface area contributed by atoms with Crippen molar-refractivity contribution in [2.75, 3.05) is 72.7 Å². The quantitative estimate of drug-likeness (QED) is 0.170. The van der Waals surface area contributed by atoms with E-state index in [-0.39, 0.29) is 0 Å². The molecule has 0 bridgehead atoms. The molecule has 32 heavy (non-hydrogen) atoms. The van der Waals surface area contributed by atoms with Crippen LogP contribution in [-0.4, -0.2) is 79.0 Å². The lowest BCUT2D eigenvalue weighted by molar-refractivity contribution is -0.0128. The standard InChI is InChI=1S/C25H42O7/c1-2-3-4-5-6-7-12-27-13-14-28-15-16-29-17-18-30-19-20-31-21-22-32-25-10-8-24(23-26)9-11-25/h8-11,23H,2-7,12-22H2,1H3. The van der Waals surface area contributed by atoms with Crippen LogP contribution in [0.2, 0.25) is 0 Å². The Labute approximate surface area is 193 Å². The van der Waals surface area contributed by atoms with Crippen LogP contribution in [0.3, 0.4) is 0 Å². The molecule has 1 rings (SSSR count). The molecule has 0 aromatic heterocycles. The number of unbranched alkanes of at least 4 members (excludes halogenated alkanes) is 5. The van der Waals surface area contributed by atoms with Crippen molar-refractivity contribution in [3.63, 3.8) is 0 Å². The minimum absolute atomic E-state index is 0.452. The predicted molar refractivity (Wildman–Crippen MR) is 125 cm³/mol. The molecule has 0 atom stereocenters. The number of ether oxygens (including phenoxy) is 6. The highest BCUT2D eigenvalue weighted by Gasteiger charge is 1.96. The van der Waals surface area contributed by atoms with Gasteiger partial charge >= 0.3 is 0 Å². The Morgan fingerprint density at radius 2 is 1.00 bits per heavy atom. The van der Waals surface area contributed by atoms with Crippen molar-refractivity contribution in [1.82, 2.24) is 0 Å². The van der Waals surface area contributed by atoms with Crippen LogP contribution in [0.1, 0.15) is 55.8 Å². The first kappa shape index (κ1) is 28.5. The summed E-state index contributed by atoms with van der Waals surface area (Å²) >= 11 is 0. The first-order chi connectivity index (χ1) is 15.9. The van der Waals surface area contributed by atoms with Crippen LogP contribution in [-0.2, 0) is 23.7 Å². The zero-order valence-electron chi connectivity index (χ0n) is 19.8. The van der Waals surface area contributed by atoms with Crippen molar-refractivity contribution in [2.45, 2.75) is 45.4 Å². The average Bonchev–Trinajstić information content (AvgIpc) is 2.82. The molecule has 0 aliphatic rings. The molecule has 184 valence electrons. The molecule has 1 aromatic carbocycles. The van der Waals surface area contributed by atoms with E-state index >= 15 is 0 Å². The van der Waals surface area contributed by atoms with E-state index < -0.39 is 0 Å². The van der Waals surface area contributed by atoms with Crippen LogP contribution >= 0.6 is 0 Å². The molecule has 0 heterocycles. The summed E-state index contributed by atoms with van der Waals surface area (Å²) in [4.78, 5) is 10.6. The highest BCUT2D eigenvalue weighted by molar-refractivity contribution is 5.74. The van der Waals surface area contributed by atoms with Crippen molar-refractivity contribution >= 4 is 6.29 Å². The lowest BCUT2D eigenvalue weighted by atomic mass is 10.1. The van der Waals surface area contributed by atoms with Gasteiger partial charge in [0.1, 0.15) is 18.6 Å². The van der Waals surface area contributed by atoms with Gasteiger partial charge in [-0.3, -0.25) is 4.79 Å². The Hall–Kier alpha value is -1.51. The van der Waals surface area contributed by atoms with E-state index in [0.29, 0.717) is 71.6 Å². The molecular weight excluding hydrogens is 412 g/mol. The van der Waals surface area contributed by atoms with E-state index in [1.807, 2.05) is 0 Å². The maximum Gasteiger partial charge on any atom is 0.150 e. The van der Waals surface area contributed by atoms with Crippen molar-refractivity contribution in [3.8, 4) is 5.75 Å². The summed E-state index contributed by atoms with van der Waals surface area (Å²) in [6.45, 7) is 8.49. The van der Waals surface area contributed by atoms with Gasteiger partial charge in [-0.15, -0.1) is 0 Å². The average molecular weight is 455 g/mol. The predicted octanol–water partition coefficient (Wildman–Crippen LogP) is 4.32. The first-order valence-electron chi connectivity index (χ1n) is 11.9. The molecule has 1 aromatic rings. The lowest BCUT2D eigenvalue weighted by Gasteiger charge is -2.09. The second-order valence-corrected chi connectivity index (χ2v) is 7.36. The maximum absolute atomic E-state index is 10.6. The zero-order valence-corrected chi connectivity index (χ0v) is 19.8. The van der Waals surface area contributed by atoms with Crippen LogP contribution < -0.4 is 4.74 Å². The third-order valence-electron chi connectivity index (χ3n) is 4.64. The Morgan fingerprint density at radius 3 is 1.50 bits per heavy atom. The SMILES string of the molecule is CCCCCCCCOCCOCCOCCOCCOCCOc1ccc(C=O)cc1. The minimum atomic E-state index is 0.452. The van der Waals surface area contributed by atoms with Crippen molar-refractivity contribution < 1.29 is 33.2 Å². The molecule has 7 heteroatoms. The molecule has 0 saturated carbocycles. The fraction of sp³-hybridized carbons (Fsp3) is 0.720. The van der Waals surface area contributed by atoms with Gasteiger partial charge in [-0.05, 0) is 30.7 Å². The molecule has 0 spiro atoms. The maximum atomic E-state index is 10.6. The van der Waals surface area contributed by atoms with Crippen LogP contribution in [0.4, 0.5) is 0 Å². The van der Waals surface area contributed by atoms with Crippen LogP contribution in [0.5, 0.6) is 5.75 Å².